The van der Waals surface area contributed by atoms with Gasteiger partial charge >= 0.3 is 0 Å². The van der Waals surface area contributed by atoms with E-state index in [1.807, 2.05) is 18.2 Å². The Labute approximate surface area is 127 Å². The number of rotatable bonds is 8. The summed E-state index contributed by atoms with van der Waals surface area (Å²) in [6.07, 6.45) is 6.53. The van der Waals surface area contributed by atoms with Crippen molar-refractivity contribution in [2.45, 2.75) is 45.6 Å². The molecule has 0 saturated heterocycles. The SMILES string of the molecule is CCCCCCCNCc1cccc(Cl)c1Cl.Cl. The lowest BCUT2D eigenvalue weighted by Gasteiger charge is -2.07. The van der Waals surface area contributed by atoms with Crippen LogP contribution in [0.2, 0.25) is 10.0 Å². The predicted octanol–water partition coefficient (Wildman–Crippen LogP) is 5.48. The highest BCUT2D eigenvalue weighted by atomic mass is 35.5. The van der Waals surface area contributed by atoms with Crippen LogP contribution in [-0.2, 0) is 6.54 Å². The molecule has 18 heavy (non-hydrogen) atoms. The molecule has 0 saturated carbocycles. The molecule has 0 bridgehead atoms. The van der Waals surface area contributed by atoms with Gasteiger partial charge in [0.25, 0.3) is 0 Å². The Morgan fingerprint density at radius 2 is 1.78 bits per heavy atom. The molecule has 104 valence electrons. The Morgan fingerprint density at radius 3 is 2.50 bits per heavy atom. The van der Waals surface area contributed by atoms with Gasteiger partial charge in [-0.05, 0) is 24.6 Å². The Bertz CT molecular complexity index is 329. The fraction of sp³-hybridized carbons (Fsp3) is 0.571. The normalized spacial score (nSPS) is 10.2. The van der Waals surface area contributed by atoms with Gasteiger partial charge in [-0.1, -0.05) is 67.9 Å². The lowest BCUT2D eigenvalue weighted by atomic mass is 10.1. The quantitative estimate of drug-likeness (QED) is 0.627. The van der Waals surface area contributed by atoms with Gasteiger partial charge < -0.3 is 5.32 Å². The molecule has 0 atom stereocenters. The van der Waals surface area contributed by atoms with E-state index < -0.39 is 0 Å². The van der Waals surface area contributed by atoms with Crippen molar-refractivity contribution >= 4 is 35.6 Å². The van der Waals surface area contributed by atoms with Gasteiger partial charge in [0, 0.05) is 6.54 Å². The van der Waals surface area contributed by atoms with E-state index in [0.29, 0.717) is 10.0 Å². The fourth-order valence-corrected chi connectivity index (χ4v) is 2.15. The average molecular weight is 311 g/mol. The van der Waals surface area contributed by atoms with Gasteiger partial charge in [0.1, 0.15) is 0 Å². The van der Waals surface area contributed by atoms with Crippen LogP contribution in [0.25, 0.3) is 0 Å². The first-order valence-electron chi connectivity index (χ1n) is 6.39. The summed E-state index contributed by atoms with van der Waals surface area (Å²) in [5.41, 5.74) is 1.08. The summed E-state index contributed by atoms with van der Waals surface area (Å²) in [6.45, 7) is 4.08. The van der Waals surface area contributed by atoms with Gasteiger partial charge in [0.05, 0.1) is 10.0 Å². The van der Waals surface area contributed by atoms with Gasteiger partial charge in [0.15, 0.2) is 0 Å². The number of hydrogen-bond acceptors (Lipinski definition) is 1. The summed E-state index contributed by atoms with van der Waals surface area (Å²) in [4.78, 5) is 0. The number of unbranched alkanes of at least 4 members (excludes halogenated alkanes) is 4. The van der Waals surface area contributed by atoms with E-state index in [2.05, 4.69) is 12.2 Å². The fourth-order valence-electron chi connectivity index (χ4n) is 1.76. The van der Waals surface area contributed by atoms with Crippen LogP contribution in [0.4, 0.5) is 0 Å². The maximum Gasteiger partial charge on any atom is 0.0637 e. The van der Waals surface area contributed by atoms with Crippen molar-refractivity contribution in [3.8, 4) is 0 Å². The van der Waals surface area contributed by atoms with E-state index in [1.165, 1.54) is 32.1 Å². The van der Waals surface area contributed by atoms with Crippen molar-refractivity contribution in [3.63, 3.8) is 0 Å². The van der Waals surface area contributed by atoms with Crippen molar-refractivity contribution in [1.82, 2.24) is 5.32 Å². The second kappa shape index (κ2) is 10.9. The number of benzene rings is 1. The van der Waals surface area contributed by atoms with Crippen molar-refractivity contribution in [2.24, 2.45) is 0 Å². The van der Waals surface area contributed by atoms with Crippen molar-refractivity contribution in [1.29, 1.82) is 0 Å². The lowest BCUT2D eigenvalue weighted by Crippen LogP contribution is -2.14. The third kappa shape index (κ3) is 6.84. The first kappa shape index (κ1) is 18.0. The molecule has 0 aliphatic rings. The summed E-state index contributed by atoms with van der Waals surface area (Å²) in [7, 11) is 0. The average Bonchev–Trinajstić information content (AvgIpc) is 2.33. The van der Waals surface area contributed by atoms with E-state index in [9.17, 15) is 0 Å². The Hall–Kier alpha value is 0.0500. The molecule has 1 N–H and O–H groups in total. The zero-order valence-electron chi connectivity index (χ0n) is 10.8. The minimum absolute atomic E-state index is 0. The third-order valence-electron chi connectivity index (χ3n) is 2.80. The highest BCUT2D eigenvalue weighted by Gasteiger charge is 2.02. The topological polar surface area (TPSA) is 12.0 Å². The molecule has 1 nitrogen and oxygen atoms in total. The largest absolute Gasteiger partial charge is 0.313 e. The van der Waals surface area contributed by atoms with E-state index in [1.54, 1.807) is 0 Å². The van der Waals surface area contributed by atoms with Crippen LogP contribution < -0.4 is 5.32 Å². The molecule has 0 aromatic heterocycles. The van der Waals surface area contributed by atoms with Crippen molar-refractivity contribution in [2.75, 3.05) is 6.54 Å². The summed E-state index contributed by atoms with van der Waals surface area (Å²) in [5, 5.41) is 4.71. The first-order valence-corrected chi connectivity index (χ1v) is 7.15. The molecule has 0 spiro atoms. The lowest BCUT2D eigenvalue weighted by molar-refractivity contribution is 0.583. The van der Waals surface area contributed by atoms with Gasteiger partial charge in [-0.3, -0.25) is 0 Å². The molecule has 0 amide bonds. The molecular formula is C14H22Cl3N. The van der Waals surface area contributed by atoms with Crippen LogP contribution in [-0.4, -0.2) is 6.54 Å². The highest BCUT2D eigenvalue weighted by Crippen LogP contribution is 2.25. The Morgan fingerprint density at radius 1 is 1.06 bits per heavy atom. The zero-order chi connectivity index (χ0) is 12.5. The Balaban J connectivity index is 0.00000289. The third-order valence-corrected chi connectivity index (χ3v) is 3.66. The second-order valence-corrected chi connectivity index (χ2v) is 5.09. The first-order chi connectivity index (χ1) is 8.25. The van der Waals surface area contributed by atoms with Crippen LogP contribution >= 0.6 is 35.6 Å². The van der Waals surface area contributed by atoms with Gasteiger partial charge in [-0.15, -0.1) is 12.4 Å². The molecule has 0 radical (unpaired) electrons. The minimum Gasteiger partial charge on any atom is -0.313 e. The molecule has 0 aliphatic heterocycles. The van der Waals surface area contributed by atoms with Crippen LogP contribution in [0.3, 0.4) is 0 Å². The van der Waals surface area contributed by atoms with Gasteiger partial charge in [-0.2, -0.15) is 0 Å². The molecule has 4 heteroatoms. The second-order valence-electron chi connectivity index (χ2n) is 4.30. The maximum absolute atomic E-state index is 6.10. The smallest absolute Gasteiger partial charge is 0.0637 e. The number of halogens is 3. The van der Waals surface area contributed by atoms with Gasteiger partial charge in [0.2, 0.25) is 0 Å². The summed E-state index contributed by atoms with van der Waals surface area (Å²) >= 11 is 12.1. The monoisotopic (exact) mass is 309 g/mol. The summed E-state index contributed by atoms with van der Waals surface area (Å²) in [6, 6.07) is 5.77. The van der Waals surface area contributed by atoms with E-state index >= 15 is 0 Å². The molecule has 0 fully saturated rings. The standard InChI is InChI=1S/C14H21Cl2N.ClH/c1-2-3-4-5-6-10-17-11-12-8-7-9-13(15)14(12)16;/h7-9,17H,2-6,10-11H2,1H3;1H. The van der Waals surface area contributed by atoms with Crippen LogP contribution in [0, 0.1) is 0 Å². The van der Waals surface area contributed by atoms with Gasteiger partial charge in [-0.25, -0.2) is 0 Å². The van der Waals surface area contributed by atoms with E-state index in [0.717, 1.165) is 18.7 Å². The maximum atomic E-state index is 6.10. The predicted molar refractivity (Wildman–Crippen MR) is 84.2 cm³/mol. The molecule has 1 aromatic rings. The molecule has 0 unspecified atom stereocenters. The van der Waals surface area contributed by atoms with Crippen LogP contribution in [0.5, 0.6) is 0 Å². The highest BCUT2D eigenvalue weighted by molar-refractivity contribution is 6.42. The molecule has 0 aliphatic carbocycles. The van der Waals surface area contributed by atoms with Crippen molar-refractivity contribution in [3.05, 3.63) is 33.8 Å². The molecule has 1 rings (SSSR count). The van der Waals surface area contributed by atoms with E-state index in [4.69, 9.17) is 23.2 Å². The zero-order valence-corrected chi connectivity index (χ0v) is 13.2. The van der Waals surface area contributed by atoms with Crippen molar-refractivity contribution < 1.29 is 0 Å². The van der Waals surface area contributed by atoms with E-state index in [-0.39, 0.29) is 12.4 Å². The molecule has 1 aromatic carbocycles. The number of nitrogens with one attached hydrogen (secondary N) is 1. The van der Waals surface area contributed by atoms with Crippen LogP contribution in [0.1, 0.15) is 44.6 Å². The minimum atomic E-state index is 0. The van der Waals surface area contributed by atoms with Crippen LogP contribution in [0.15, 0.2) is 18.2 Å². The molecule has 0 heterocycles. The summed E-state index contributed by atoms with van der Waals surface area (Å²) in [5.74, 6) is 0. The Kier molecular flexibility index (Phi) is 11.0. The summed E-state index contributed by atoms with van der Waals surface area (Å²) < 4.78 is 0. The molecular weight excluding hydrogens is 289 g/mol. The number of hydrogen-bond donors (Lipinski definition) is 1.